The van der Waals surface area contributed by atoms with Crippen LogP contribution in [0, 0.1) is 0 Å². The van der Waals surface area contributed by atoms with Crippen LogP contribution in [0.15, 0.2) is 59.5 Å². The largest absolute Gasteiger partial charge is 0.398 e. The summed E-state index contributed by atoms with van der Waals surface area (Å²) in [5.74, 6) is 0.533. The monoisotopic (exact) mass is 322 g/mol. The van der Waals surface area contributed by atoms with Crippen LogP contribution in [0.1, 0.15) is 0 Å². The first-order valence-corrected chi connectivity index (χ1v) is 9.09. The minimum absolute atomic E-state index is 0.0669. The van der Waals surface area contributed by atoms with Gasteiger partial charge in [-0.15, -0.1) is 11.8 Å². The first-order valence-electron chi connectivity index (χ1n) is 6.49. The van der Waals surface area contributed by atoms with Crippen LogP contribution in [0.2, 0.25) is 0 Å². The van der Waals surface area contributed by atoms with Gasteiger partial charge in [-0.25, -0.2) is 8.42 Å². The van der Waals surface area contributed by atoms with Crippen LogP contribution in [0.4, 0.5) is 11.4 Å². The summed E-state index contributed by atoms with van der Waals surface area (Å²) in [5.41, 5.74) is 7.19. The standard InChI is InChI=1S/C15H18N2O2S2/c1-17(13-7-3-2-4-8-13)21(18,19)12-11-20-15-10-6-5-9-14(15)16/h2-10H,11-12,16H2,1H3. The zero-order valence-corrected chi connectivity index (χ0v) is 13.4. The maximum absolute atomic E-state index is 12.3. The van der Waals surface area contributed by atoms with Gasteiger partial charge in [-0.2, -0.15) is 0 Å². The van der Waals surface area contributed by atoms with Gasteiger partial charge in [0.2, 0.25) is 10.0 Å². The number of sulfonamides is 1. The van der Waals surface area contributed by atoms with Gasteiger partial charge in [0, 0.05) is 23.4 Å². The molecule has 0 aromatic heterocycles. The van der Waals surface area contributed by atoms with Gasteiger partial charge in [-0.1, -0.05) is 30.3 Å². The number of anilines is 2. The first kappa shape index (κ1) is 15.7. The van der Waals surface area contributed by atoms with E-state index in [-0.39, 0.29) is 5.75 Å². The summed E-state index contributed by atoms with van der Waals surface area (Å²) < 4.78 is 25.9. The van der Waals surface area contributed by atoms with Gasteiger partial charge >= 0.3 is 0 Å². The fraction of sp³-hybridized carbons (Fsp3) is 0.200. The average Bonchev–Trinajstić information content (AvgIpc) is 2.49. The molecule has 0 aliphatic rings. The Bertz CT molecular complexity index is 688. The molecule has 0 saturated carbocycles. The lowest BCUT2D eigenvalue weighted by Gasteiger charge is -2.19. The predicted molar refractivity (Wildman–Crippen MR) is 90.2 cm³/mol. The number of rotatable bonds is 6. The van der Waals surface area contributed by atoms with Crippen molar-refractivity contribution < 1.29 is 8.42 Å². The number of thioether (sulfide) groups is 1. The molecule has 0 aliphatic heterocycles. The number of para-hydroxylation sites is 2. The van der Waals surface area contributed by atoms with Gasteiger partial charge in [-0.05, 0) is 24.3 Å². The van der Waals surface area contributed by atoms with Crippen molar-refractivity contribution in [2.75, 3.05) is 28.6 Å². The Hall–Kier alpha value is -1.66. The summed E-state index contributed by atoms with van der Waals surface area (Å²) in [6, 6.07) is 16.5. The molecule has 0 spiro atoms. The highest BCUT2D eigenvalue weighted by molar-refractivity contribution is 8.01. The highest BCUT2D eigenvalue weighted by Crippen LogP contribution is 2.25. The van der Waals surface area contributed by atoms with E-state index < -0.39 is 10.0 Å². The topological polar surface area (TPSA) is 63.4 Å². The highest BCUT2D eigenvalue weighted by atomic mass is 32.2. The van der Waals surface area contributed by atoms with E-state index in [2.05, 4.69) is 0 Å². The van der Waals surface area contributed by atoms with Crippen molar-refractivity contribution >= 4 is 33.2 Å². The van der Waals surface area contributed by atoms with Crippen LogP contribution < -0.4 is 10.0 Å². The van der Waals surface area contributed by atoms with E-state index in [4.69, 9.17) is 5.73 Å². The summed E-state index contributed by atoms with van der Waals surface area (Å²) >= 11 is 1.46. The minimum atomic E-state index is -3.32. The van der Waals surface area contributed by atoms with Crippen LogP contribution in [-0.2, 0) is 10.0 Å². The number of hydrogen-bond donors (Lipinski definition) is 1. The van der Waals surface area contributed by atoms with E-state index in [1.54, 1.807) is 19.2 Å². The molecule has 112 valence electrons. The van der Waals surface area contributed by atoms with Crippen LogP contribution in [-0.4, -0.2) is 27.0 Å². The van der Waals surface area contributed by atoms with Crippen molar-refractivity contribution in [2.45, 2.75) is 4.90 Å². The molecule has 2 N–H and O–H groups in total. The number of nitrogens with zero attached hydrogens (tertiary/aromatic N) is 1. The normalized spacial score (nSPS) is 11.3. The molecule has 0 atom stereocenters. The fourth-order valence-electron chi connectivity index (χ4n) is 1.80. The van der Waals surface area contributed by atoms with Gasteiger partial charge in [0.1, 0.15) is 0 Å². The molecule has 0 heterocycles. The molecule has 0 bridgehead atoms. The van der Waals surface area contributed by atoms with Gasteiger partial charge in [0.25, 0.3) is 0 Å². The summed E-state index contributed by atoms with van der Waals surface area (Å²) in [6.07, 6.45) is 0. The summed E-state index contributed by atoms with van der Waals surface area (Å²) in [7, 11) is -1.75. The lowest BCUT2D eigenvalue weighted by molar-refractivity contribution is 0.596. The van der Waals surface area contributed by atoms with Crippen molar-refractivity contribution in [2.24, 2.45) is 0 Å². The maximum atomic E-state index is 12.3. The third kappa shape index (κ3) is 4.15. The van der Waals surface area contributed by atoms with Gasteiger partial charge < -0.3 is 5.73 Å². The maximum Gasteiger partial charge on any atom is 0.235 e. The predicted octanol–water partition coefficient (Wildman–Crippen LogP) is 2.83. The van der Waals surface area contributed by atoms with E-state index in [1.165, 1.54) is 16.1 Å². The van der Waals surface area contributed by atoms with E-state index in [1.807, 2.05) is 42.5 Å². The Balaban J connectivity index is 1.97. The SMILES string of the molecule is CN(c1ccccc1)S(=O)(=O)CCSc1ccccc1N. The summed E-state index contributed by atoms with van der Waals surface area (Å²) in [5, 5.41) is 0. The zero-order valence-electron chi connectivity index (χ0n) is 11.8. The zero-order chi connectivity index (χ0) is 15.3. The van der Waals surface area contributed by atoms with Crippen molar-refractivity contribution in [3.05, 3.63) is 54.6 Å². The lowest BCUT2D eigenvalue weighted by atomic mass is 10.3. The number of nitrogen functional groups attached to an aromatic ring is 1. The average molecular weight is 322 g/mol. The molecule has 0 fully saturated rings. The molecule has 0 amide bonds. The summed E-state index contributed by atoms with van der Waals surface area (Å²) in [6.45, 7) is 0. The molecule has 0 unspecified atom stereocenters. The van der Waals surface area contributed by atoms with Crippen LogP contribution >= 0.6 is 11.8 Å². The molecule has 2 rings (SSSR count). The molecular weight excluding hydrogens is 304 g/mol. The Morgan fingerprint density at radius 2 is 1.67 bits per heavy atom. The quantitative estimate of drug-likeness (QED) is 0.656. The molecule has 2 aromatic carbocycles. The minimum Gasteiger partial charge on any atom is -0.398 e. The van der Waals surface area contributed by atoms with Crippen molar-refractivity contribution in [1.82, 2.24) is 0 Å². The second-order valence-electron chi connectivity index (χ2n) is 4.51. The molecule has 2 aromatic rings. The lowest BCUT2D eigenvalue weighted by Crippen LogP contribution is -2.29. The highest BCUT2D eigenvalue weighted by Gasteiger charge is 2.18. The van der Waals surface area contributed by atoms with E-state index in [9.17, 15) is 8.42 Å². The smallest absolute Gasteiger partial charge is 0.235 e. The van der Waals surface area contributed by atoms with Crippen molar-refractivity contribution in [1.29, 1.82) is 0 Å². The van der Waals surface area contributed by atoms with Crippen LogP contribution in [0.5, 0.6) is 0 Å². The second-order valence-corrected chi connectivity index (χ2v) is 7.76. The number of nitrogens with two attached hydrogens (primary N) is 1. The Kier molecular flexibility index (Phi) is 5.14. The second kappa shape index (κ2) is 6.87. The molecule has 0 aliphatic carbocycles. The number of hydrogen-bond acceptors (Lipinski definition) is 4. The number of benzene rings is 2. The van der Waals surface area contributed by atoms with Gasteiger partial charge in [0.05, 0.1) is 11.4 Å². The van der Waals surface area contributed by atoms with E-state index in [0.29, 0.717) is 17.1 Å². The van der Waals surface area contributed by atoms with Gasteiger partial charge in [-0.3, -0.25) is 4.31 Å². The molecular formula is C15H18N2O2S2. The molecule has 6 heteroatoms. The molecule has 4 nitrogen and oxygen atoms in total. The first-order chi connectivity index (χ1) is 10.0. The Morgan fingerprint density at radius 1 is 1.05 bits per heavy atom. The molecule has 0 saturated heterocycles. The van der Waals surface area contributed by atoms with Crippen molar-refractivity contribution in [3.63, 3.8) is 0 Å². The Morgan fingerprint density at radius 3 is 2.33 bits per heavy atom. The molecule has 21 heavy (non-hydrogen) atoms. The van der Waals surface area contributed by atoms with Crippen molar-refractivity contribution in [3.8, 4) is 0 Å². The summed E-state index contributed by atoms with van der Waals surface area (Å²) in [4.78, 5) is 0.912. The molecule has 0 radical (unpaired) electrons. The Labute approximate surface area is 130 Å². The third-order valence-electron chi connectivity index (χ3n) is 3.05. The van der Waals surface area contributed by atoms with Gasteiger partial charge in [0.15, 0.2) is 0 Å². The fourth-order valence-corrected chi connectivity index (χ4v) is 4.33. The van der Waals surface area contributed by atoms with Crippen LogP contribution in [0.25, 0.3) is 0 Å². The van der Waals surface area contributed by atoms with E-state index in [0.717, 1.165) is 4.90 Å². The van der Waals surface area contributed by atoms with Crippen LogP contribution in [0.3, 0.4) is 0 Å². The van der Waals surface area contributed by atoms with E-state index >= 15 is 0 Å². The third-order valence-corrected chi connectivity index (χ3v) is 6.17.